The average Bonchev–Trinajstić information content (AvgIpc) is 2.67. The Bertz CT molecular complexity index is 836. The Labute approximate surface area is 163 Å². The highest BCUT2D eigenvalue weighted by molar-refractivity contribution is 5.94. The normalized spacial score (nSPS) is 28.4. The van der Waals surface area contributed by atoms with E-state index in [4.69, 9.17) is 5.73 Å². The van der Waals surface area contributed by atoms with Gasteiger partial charge in [0, 0.05) is 5.56 Å². The zero-order chi connectivity index (χ0) is 19.2. The van der Waals surface area contributed by atoms with Crippen molar-refractivity contribution in [1.29, 1.82) is 0 Å². The zero-order valence-corrected chi connectivity index (χ0v) is 16.7. The van der Waals surface area contributed by atoms with Crippen molar-refractivity contribution < 1.29 is 4.79 Å². The van der Waals surface area contributed by atoms with Gasteiger partial charge in [-0.25, -0.2) is 0 Å². The Morgan fingerprint density at radius 2 is 1.81 bits per heavy atom. The van der Waals surface area contributed by atoms with Gasteiger partial charge in [-0.1, -0.05) is 57.2 Å². The van der Waals surface area contributed by atoms with Crippen molar-refractivity contribution in [3.8, 4) is 11.1 Å². The molecule has 2 N–H and O–H groups in total. The number of hydrogen-bond donors (Lipinski definition) is 1. The van der Waals surface area contributed by atoms with Gasteiger partial charge in [0.05, 0.1) is 0 Å². The number of amides is 1. The van der Waals surface area contributed by atoms with E-state index in [9.17, 15) is 4.79 Å². The molecule has 142 valence electrons. The summed E-state index contributed by atoms with van der Waals surface area (Å²) in [4.78, 5) is 11.4. The standard InChI is InChI=1S/C25H31NO/c1-16-19(14-22-15-23(16)25(22,2)3)12-9-17-7-10-18(11-8-17)20-5-4-6-21(13-20)24(26)27/h4-8,10-11,13,16,19,22-23H,9,12,14-15H2,1-3H3,(H2,26,27)/t16-,19+,22+,23+/m0/s1. The first-order chi connectivity index (χ1) is 12.9. The molecule has 0 heterocycles. The minimum absolute atomic E-state index is 0.378. The molecule has 0 aromatic heterocycles. The van der Waals surface area contributed by atoms with Crippen LogP contribution in [-0.4, -0.2) is 5.91 Å². The van der Waals surface area contributed by atoms with Crippen LogP contribution in [0.1, 0.15) is 56.0 Å². The molecule has 3 saturated carbocycles. The first-order valence-corrected chi connectivity index (χ1v) is 10.4. The molecule has 0 radical (unpaired) electrons. The van der Waals surface area contributed by atoms with Gasteiger partial charge >= 0.3 is 0 Å². The monoisotopic (exact) mass is 361 g/mol. The van der Waals surface area contributed by atoms with Gasteiger partial charge in [-0.2, -0.15) is 0 Å². The van der Waals surface area contributed by atoms with Crippen LogP contribution < -0.4 is 5.73 Å². The van der Waals surface area contributed by atoms with Crippen molar-refractivity contribution in [1.82, 2.24) is 0 Å². The molecule has 2 aromatic carbocycles. The molecule has 2 heteroatoms. The fourth-order valence-corrected chi connectivity index (χ4v) is 5.71. The lowest BCUT2D eigenvalue weighted by molar-refractivity contribution is -0.129. The second-order valence-electron chi connectivity index (χ2n) is 9.40. The van der Waals surface area contributed by atoms with Crippen LogP contribution in [0.4, 0.5) is 0 Å². The molecule has 1 amide bonds. The van der Waals surface area contributed by atoms with Crippen molar-refractivity contribution in [2.24, 2.45) is 34.8 Å². The number of benzene rings is 2. The molecule has 2 nitrogen and oxygen atoms in total. The van der Waals surface area contributed by atoms with E-state index in [-0.39, 0.29) is 5.91 Å². The molecule has 27 heavy (non-hydrogen) atoms. The molecular formula is C25H31NO. The lowest BCUT2D eigenvalue weighted by Gasteiger charge is -2.62. The summed E-state index contributed by atoms with van der Waals surface area (Å²) in [5, 5.41) is 0. The third-order valence-corrected chi connectivity index (χ3v) is 7.75. The third-order valence-electron chi connectivity index (χ3n) is 7.75. The first-order valence-electron chi connectivity index (χ1n) is 10.4. The molecular weight excluding hydrogens is 330 g/mol. The topological polar surface area (TPSA) is 43.1 Å². The summed E-state index contributed by atoms with van der Waals surface area (Å²) in [6.45, 7) is 7.44. The molecule has 0 unspecified atom stereocenters. The van der Waals surface area contributed by atoms with Crippen molar-refractivity contribution in [3.63, 3.8) is 0 Å². The van der Waals surface area contributed by atoms with Crippen LogP contribution in [0, 0.1) is 29.1 Å². The molecule has 0 saturated heterocycles. The summed E-state index contributed by atoms with van der Waals surface area (Å²) in [5.41, 5.74) is 10.1. The smallest absolute Gasteiger partial charge is 0.248 e. The number of rotatable bonds is 5. The highest BCUT2D eigenvalue weighted by Gasteiger charge is 2.55. The summed E-state index contributed by atoms with van der Waals surface area (Å²) < 4.78 is 0. The van der Waals surface area contributed by atoms with E-state index in [0.29, 0.717) is 11.0 Å². The van der Waals surface area contributed by atoms with Crippen LogP contribution in [0.25, 0.3) is 11.1 Å². The predicted octanol–water partition coefficient (Wildman–Crippen LogP) is 5.70. The summed E-state index contributed by atoms with van der Waals surface area (Å²) in [6.07, 6.45) is 5.35. The van der Waals surface area contributed by atoms with Crippen molar-refractivity contribution in [2.75, 3.05) is 0 Å². The fourth-order valence-electron chi connectivity index (χ4n) is 5.71. The van der Waals surface area contributed by atoms with Crippen LogP contribution in [-0.2, 0) is 6.42 Å². The highest BCUT2D eigenvalue weighted by atomic mass is 16.1. The third kappa shape index (κ3) is 3.31. The van der Waals surface area contributed by atoms with Crippen LogP contribution in [0.5, 0.6) is 0 Å². The maximum absolute atomic E-state index is 11.4. The van der Waals surface area contributed by atoms with Gasteiger partial charge in [0.25, 0.3) is 0 Å². The van der Waals surface area contributed by atoms with Crippen LogP contribution >= 0.6 is 0 Å². The molecule has 0 aliphatic heterocycles. The molecule has 2 bridgehead atoms. The van der Waals surface area contributed by atoms with Gasteiger partial charge in [-0.15, -0.1) is 0 Å². The van der Waals surface area contributed by atoms with Crippen molar-refractivity contribution in [3.05, 3.63) is 59.7 Å². The van der Waals surface area contributed by atoms with E-state index in [1.54, 1.807) is 6.07 Å². The molecule has 3 fully saturated rings. The Hall–Kier alpha value is -2.09. The number of carbonyl (C=O) groups excluding carboxylic acids is 1. The maximum Gasteiger partial charge on any atom is 0.248 e. The van der Waals surface area contributed by atoms with Crippen LogP contribution in [0.3, 0.4) is 0 Å². The van der Waals surface area contributed by atoms with E-state index in [2.05, 4.69) is 45.0 Å². The van der Waals surface area contributed by atoms with E-state index in [0.717, 1.165) is 41.2 Å². The van der Waals surface area contributed by atoms with E-state index >= 15 is 0 Å². The fraction of sp³-hybridized carbons (Fsp3) is 0.480. The summed E-state index contributed by atoms with van der Waals surface area (Å²) in [5.74, 6) is 3.25. The number of primary amides is 1. The SMILES string of the molecule is C[C@H]1[C@H](CCc2ccc(-c3cccc(C(N)=O)c3)cc2)C[C@@H]2C[C@H]1C2(C)C. The average molecular weight is 362 g/mol. The largest absolute Gasteiger partial charge is 0.366 e. The first kappa shape index (κ1) is 18.3. The minimum atomic E-state index is -0.378. The van der Waals surface area contributed by atoms with Crippen LogP contribution in [0.15, 0.2) is 48.5 Å². The zero-order valence-electron chi connectivity index (χ0n) is 16.7. The lowest BCUT2D eigenvalue weighted by atomic mass is 9.43. The maximum atomic E-state index is 11.4. The Kier molecular flexibility index (Phi) is 4.61. The number of nitrogens with two attached hydrogens (primary N) is 1. The van der Waals surface area contributed by atoms with Crippen molar-refractivity contribution in [2.45, 2.75) is 46.5 Å². The van der Waals surface area contributed by atoms with Gasteiger partial charge in [-0.05, 0) is 83.6 Å². The molecule has 4 atom stereocenters. The second kappa shape index (κ2) is 6.82. The molecule has 3 aliphatic rings. The van der Waals surface area contributed by atoms with E-state index < -0.39 is 0 Å². The van der Waals surface area contributed by atoms with Gasteiger partial charge in [0.1, 0.15) is 0 Å². The summed E-state index contributed by atoms with van der Waals surface area (Å²) in [6, 6.07) is 16.4. The molecule has 5 rings (SSSR count). The minimum Gasteiger partial charge on any atom is -0.366 e. The molecule has 3 aliphatic carbocycles. The quantitative estimate of drug-likeness (QED) is 0.729. The van der Waals surface area contributed by atoms with E-state index in [1.807, 2.05) is 18.2 Å². The Morgan fingerprint density at radius 1 is 1.07 bits per heavy atom. The Balaban J connectivity index is 1.39. The number of carbonyl (C=O) groups is 1. The molecule has 2 aromatic rings. The van der Waals surface area contributed by atoms with Crippen LogP contribution in [0.2, 0.25) is 0 Å². The van der Waals surface area contributed by atoms with Gasteiger partial charge < -0.3 is 5.73 Å². The van der Waals surface area contributed by atoms with E-state index in [1.165, 1.54) is 24.8 Å². The van der Waals surface area contributed by atoms with Gasteiger partial charge in [0.2, 0.25) is 5.91 Å². The number of hydrogen-bond acceptors (Lipinski definition) is 1. The predicted molar refractivity (Wildman–Crippen MR) is 111 cm³/mol. The summed E-state index contributed by atoms with van der Waals surface area (Å²) >= 11 is 0. The Morgan fingerprint density at radius 3 is 2.44 bits per heavy atom. The second-order valence-corrected chi connectivity index (χ2v) is 9.40. The molecule has 0 spiro atoms. The number of fused-ring (bicyclic) bond motifs is 2. The highest BCUT2D eigenvalue weighted by Crippen LogP contribution is 2.63. The summed E-state index contributed by atoms with van der Waals surface area (Å²) in [7, 11) is 0. The van der Waals surface area contributed by atoms with Gasteiger partial charge in [-0.3, -0.25) is 4.79 Å². The number of aryl methyl sites for hydroxylation is 1. The van der Waals surface area contributed by atoms with Crippen molar-refractivity contribution >= 4 is 5.91 Å². The van der Waals surface area contributed by atoms with Gasteiger partial charge in [0.15, 0.2) is 0 Å². The lowest BCUT2D eigenvalue weighted by Crippen LogP contribution is -2.54.